The van der Waals surface area contributed by atoms with Crippen LogP contribution in [0.2, 0.25) is 5.02 Å². The Morgan fingerprint density at radius 3 is 2.94 bits per heavy atom. The molecule has 2 aromatic rings. The number of hydrogen-bond donors (Lipinski definition) is 2. The van der Waals surface area contributed by atoms with Crippen molar-refractivity contribution in [2.45, 2.75) is 0 Å². The van der Waals surface area contributed by atoms with Crippen LogP contribution in [-0.4, -0.2) is 18.1 Å². The van der Waals surface area contributed by atoms with Gasteiger partial charge in [0.15, 0.2) is 10.9 Å². The van der Waals surface area contributed by atoms with Crippen LogP contribution in [0.15, 0.2) is 29.8 Å². The Hall–Kier alpha value is -1.79. The number of amides is 2. The van der Waals surface area contributed by atoms with Gasteiger partial charge in [0.1, 0.15) is 0 Å². The Bertz CT molecular complexity index is 545. The maximum absolute atomic E-state index is 11.7. The number of carbonyl (C=O) groups excluding carboxylic acids is 1. The monoisotopic (exact) mass is 283 g/mol. The van der Waals surface area contributed by atoms with Gasteiger partial charge in [0, 0.05) is 11.6 Å². The lowest BCUT2D eigenvalue weighted by molar-refractivity contribution is 0.262. The standard InChI is InChI=1S/C11H10ClN3O2S/c1-17-9-7(12)3-2-4-8(9)14-10(16)15-11-13-5-6-18-11/h2-6H,1H3,(H2,13,14,15,16). The third-order valence-electron chi connectivity index (χ3n) is 2.07. The molecule has 2 N–H and O–H groups in total. The molecule has 0 unspecified atom stereocenters. The molecule has 2 rings (SSSR count). The third kappa shape index (κ3) is 2.91. The molecule has 1 aromatic carbocycles. The van der Waals surface area contributed by atoms with E-state index in [-0.39, 0.29) is 0 Å². The number of para-hydroxylation sites is 1. The van der Waals surface area contributed by atoms with E-state index < -0.39 is 6.03 Å². The smallest absolute Gasteiger partial charge is 0.325 e. The summed E-state index contributed by atoms with van der Waals surface area (Å²) >= 11 is 7.28. The highest BCUT2D eigenvalue weighted by Gasteiger charge is 2.10. The molecule has 0 saturated carbocycles. The summed E-state index contributed by atoms with van der Waals surface area (Å²) in [6.45, 7) is 0. The van der Waals surface area contributed by atoms with Crippen molar-refractivity contribution in [1.29, 1.82) is 0 Å². The average molecular weight is 284 g/mol. The first-order chi connectivity index (χ1) is 8.70. The number of anilines is 2. The van der Waals surface area contributed by atoms with Crippen LogP contribution in [-0.2, 0) is 0 Å². The number of nitrogens with zero attached hydrogens (tertiary/aromatic N) is 1. The molecule has 94 valence electrons. The van der Waals surface area contributed by atoms with Crippen LogP contribution in [0.3, 0.4) is 0 Å². The molecule has 0 radical (unpaired) electrons. The highest BCUT2D eigenvalue weighted by Crippen LogP contribution is 2.32. The maximum Gasteiger partial charge on any atom is 0.325 e. The largest absolute Gasteiger partial charge is 0.493 e. The number of ether oxygens (including phenoxy) is 1. The summed E-state index contributed by atoms with van der Waals surface area (Å²) in [7, 11) is 1.49. The van der Waals surface area contributed by atoms with Gasteiger partial charge < -0.3 is 10.1 Å². The summed E-state index contributed by atoms with van der Waals surface area (Å²) in [5.41, 5.74) is 0.499. The van der Waals surface area contributed by atoms with Crippen LogP contribution in [0, 0.1) is 0 Å². The summed E-state index contributed by atoms with van der Waals surface area (Å²) in [5.74, 6) is 0.424. The highest BCUT2D eigenvalue weighted by molar-refractivity contribution is 7.13. The first-order valence-electron chi connectivity index (χ1n) is 5.00. The van der Waals surface area contributed by atoms with Gasteiger partial charge in [-0.25, -0.2) is 9.78 Å². The fourth-order valence-corrected chi connectivity index (χ4v) is 2.13. The van der Waals surface area contributed by atoms with Gasteiger partial charge in [-0.05, 0) is 12.1 Å². The van der Waals surface area contributed by atoms with Crippen LogP contribution < -0.4 is 15.4 Å². The Labute approximate surface area is 113 Å². The van der Waals surface area contributed by atoms with E-state index in [1.165, 1.54) is 18.4 Å². The number of nitrogens with one attached hydrogen (secondary N) is 2. The van der Waals surface area contributed by atoms with Gasteiger partial charge in [0.2, 0.25) is 0 Å². The molecule has 0 atom stereocenters. The third-order valence-corrected chi connectivity index (χ3v) is 3.06. The molecule has 0 aliphatic carbocycles. The molecule has 7 heteroatoms. The Morgan fingerprint density at radius 2 is 2.28 bits per heavy atom. The zero-order valence-electron chi connectivity index (χ0n) is 9.44. The van der Waals surface area contributed by atoms with Crippen molar-refractivity contribution in [3.8, 4) is 5.75 Å². The van der Waals surface area contributed by atoms with Crippen molar-refractivity contribution >= 4 is 39.8 Å². The molecule has 2 amide bonds. The summed E-state index contributed by atoms with van der Waals surface area (Å²) in [6.07, 6.45) is 1.61. The van der Waals surface area contributed by atoms with Crippen molar-refractivity contribution < 1.29 is 9.53 Å². The molecule has 5 nitrogen and oxygen atoms in total. The lowest BCUT2D eigenvalue weighted by atomic mass is 10.3. The van der Waals surface area contributed by atoms with Crippen molar-refractivity contribution in [2.24, 2.45) is 0 Å². The Balaban J connectivity index is 2.09. The molecule has 0 fully saturated rings. The molecule has 1 heterocycles. The highest BCUT2D eigenvalue weighted by atomic mass is 35.5. The SMILES string of the molecule is COc1c(Cl)cccc1NC(=O)Nc1nccs1. The van der Waals surface area contributed by atoms with E-state index in [1.807, 2.05) is 0 Å². The number of rotatable bonds is 3. The second kappa shape index (κ2) is 5.70. The molecule has 0 saturated heterocycles. The van der Waals surface area contributed by atoms with Gasteiger partial charge in [-0.15, -0.1) is 11.3 Å². The van der Waals surface area contributed by atoms with Crippen LogP contribution >= 0.6 is 22.9 Å². The number of benzene rings is 1. The minimum Gasteiger partial charge on any atom is -0.493 e. The van der Waals surface area contributed by atoms with Crippen LogP contribution in [0.25, 0.3) is 0 Å². The van der Waals surface area contributed by atoms with E-state index in [1.54, 1.807) is 29.8 Å². The minimum atomic E-state index is -0.398. The first-order valence-corrected chi connectivity index (χ1v) is 6.26. The predicted octanol–water partition coefficient (Wildman–Crippen LogP) is 3.45. The van der Waals surface area contributed by atoms with E-state index in [9.17, 15) is 4.79 Å². The summed E-state index contributed by atoms with van der Waals surface area (Å²) in [4.78, 5) is 15.7. The number of halogens is 1. The summed E-state index contributed by atoms with van der Waals surface area (Å²) in [6, 6.07) is 4.71. The fraction of sp³-hybridized carbons (Fsp3) is 0.0909. The molecule has 0 aliphatic heterocycles. The topological polar surface area (TPSA) is 63.2 Å². The van der Waals surface area contributed by atoms with Crippen LogP contribution in [0.5, 0.6) is 5.75 Å². The lowest BCUT2D eigenvalue weighted by Gasteiger charge is -2.11. The zero-order chi connectivity index (χ0) is 13.0. The predicted molar refractivity (Wildman–Crippen MR) is 72.8 cm³/mol. The summed E-state index contributed by atoms with van der Waals surface area (Å²) in [5, 5.41) is 7.98. The van der Waals surface area contributed by atoms with Gasteiger partial charge in [-0.1, -0.05) is 17.7 Å². The van der Waals surface area contributed by atoms with Crippen molar-refractivity contribution in [1.82, 2.24) is 4.98 Å². The number of carbonyl (C=O) groups is 1. The van der Waals surface area contributed by atoms with Crippen molar-refractivity contribution in [2.75, 3.05) is 17.7 Å². The molecule has 18 heavy (non-hydrogen) atoms. The molecule has 0 spiro atoms. The van der Waals surface area contributed by atoms with Crippen molar-refractivity contribution in [3.63, 3.8) is 0 Å². The van der Waals surface area contributed by atoms with Crippen LogP contribution in [0.4, 0.5) is 15.6 Å². The molecule has 1 aromatic heterocycles. The van der Waals surface area contributed by atoms with E-state index in [2.05, 4.69) is 15.6 Å². The maximum atomic E-state index is 11.7. The van der Waals surface area contributed by atoms with Crippen LogP contribution in [0.1, 0.15) is 0 Å². The quantitative estimate of drug-likeness (QED) is 0.907. The number of aromatic nitrogens is 1. The van der Waals surface area contributed by atoms with E-state index in [4.69, 9.17) is 16.3 Å². The number of thiazole rings is 1. The number of hydrogen-bond acceptors (Lipinski definition) is 4. The fourth-order valence-electron chi connectivity index (χ4n) is 1.35. The molecule has 0 aliphatic rings. The number of urea groups is 1. The minimum absolute atomic E-state index is 0.398. The Morgan fingerprint density at radius 1 is 1.44 bits per heavy atom. The average Bonchev–Trinajstić information content (AvgIpc) is 2.82. The van der Waals surface area contributed by atoms with Gasteiger partial charge in [-0.2, -0.15) is 0 Å². The zero-order valence-corrected chi connectivity index (χ0v) is 11.0. The van der Waals surface area contributed by atoms with E-state index in [0.717, 1.165) is 0 Å². The normalized spacial score (nSPS) is 9.89. The molecular formula is C11H10ClN3O2S. The van der Waals surface area contributed by atoms with Gasteiger partial charge >= 0.3 is 6.03 Å². The Kier molecular flexibility index (Phi) is 4.01. The molecular weight excluding hydrogens is 274 g/mol. The van der Waals surface area contributed by atoms with Gasteiger partial charge in [-0.3, -0.25) is 5.32 Å². The van der Waals surface area contributed by atoms with E-state index >= 15 is 0 Å². The molecule has 0 bridgehead atoms. The van der Waals surface area contributed by atoms with Gasteiger partial charge in [0.05, 0.1) is 17.8 Å². The first kappa shape index (κ1) is 12.7. The van der Waals surface area contributed by atoms with E-state index in [0.29, 0.717) is 21.6 Å². The summed E-state index contributed by atoms with van der Waals surface area (Å²) < 4.78 is 5.12. The van der Waals surface area contributed by atoms with Crippen molar-refractivity contribution in [3.05, 3.63) is 34.8 Å². The number of methoxy groups -OCH3 is 1. The second-order valence-corrected chi connectivity index (χ2v) is 4.54. The lowest BCUT2D eigenvalue weighted by Crippen LogP contribution is -2.19. The van der Waals surface area contributed by atoms with Gasteiger partial charge in [0.25, 0.3) is 0 Å². The second-order valence-electron chi connectivity index (χ2n) is 3.24.